The minimum absolute atomic E-state index is 0.0182. The number of thioether (sulfide) groups is 1. The zero-order valence-corrected chi connectivity index (χ0v) is 74.7. The van der Waals surface area contributed by atoms with Gasteiger partial charge in [0.05, 0.1) is 32.1 Å². The summed E-state index contributed by atoms with van der Waals surface area (Å²) in [6.07, 6.45) is 20.6. The second kappa shape index (κ2) is 58.4. The van der Waals surface area contributed by atoms with Crippen LogP contribution in [0.5, 0.6) is 0 Å². The van der Waals surface area contributed by atoms with Gasteiger partial charge in [-0.1, -0.05) is 187 Å². The van der Waals surface area contributed by atoms with Crippen LogP contribution in [0.4, 0.5) is 0 Å². The molecule has 1 aliphatic rings. The fourth-order valence-corrected chi connectivity index (χ4v) is 15.9. The summed E-state index contributed by atoms with van der Waals surface area (Å²) in [4.78, 5) is 207. The Morgan fingerprint density at radius 2 is 1.07 bits per heavy atom. The van der Waals surface area contributed by atoms with Crippen molar-refractivity contribution in [3.05, 3.63) is 126 Å². The fourth-order valence-electron chi connectivity index (χ4n) is 15.2. The van der Waals surface area contributed by atoms with Gasteiger partial charge in [-0.05, 0) is 87.5 Å². The standard InChI is InChI=1S/C89H134N22O16S/c1-4-5-6-7-8-9-10-11-12-13-14-15-16-27-42-97-75(117)55-110(54-72(90)114)76(118)41-24-19-28-43-98-81(121)69(47-62-50-101-66-38-26-25-37-65(62)66)105-83(123)68(40-30-45-100-89(93)94)104-85(125)71(56-128-59(3)113)107-82(122)67(39-29-44-99-88(91)92)103-73(115)49-64-36-31-46-111(64)87(127)80(78(60-32-20-17-21-33-60)61-34-22-18-23-35-61)109-84(124)70(48-63-51-96-57-102-63)106-86(126)79(58(2)112)108-74(116)52-95-53-77(119)120/h17-18,20-23,25-26,32-35,37-38,50-51,57-58,64,67-71,78-80,95,101,112H,4-16,19,24,27-31,36,39-49,52-56H2,1-3H3,(H2,90,114)(H,96,102)(H,97,117)(H,98,121)(H,103,115)(H,104,125)(H,105,123)(H,106,126)(H,107,122)(H,108,116)(H,109,124)(H,119,120)(H4,91,92,99)(H4,93,94,100). The predicted molar refractivity (Wildman–Crippen MR) is 486 cm³/mol. The molecular weight excluding hydrogens is 1670 g/mol. The molecule has 128 heavy (non-hydrogen) atoms. The minimum Gasteiger partial charge on any atom is -0.480 e. The predicted octanol–water partition coefficient (Wildman–Crippen LogP) is 2.73. The molecule has 0 bridgehead atoms. The Hall–Kier alpha value is -12.0. The van der Waals surface area contributed by atoms with Crippen molar-refractivity contribution in [3.63, 3.8) is 0 Å². The number of fused-ring (bicyclic) bond motifs is 1. The molecule has 9 unspecified atom stereocenters. The van der Waals surface area contributed by atoms with Crippen molar-refractivity contribution in [2.45, 2.75) is 254 Å². The number of aliphatic hydroxyl groups excluding tert-OH is 1. The van der Waals surface area contributed by atoms with Gasteiger partial charge in [-0.25, -0.2) is 4.98 Å². The van der Waals surface area contributed by atoms with Gasteiger partial charge in [0.15, 0.2) is 17.0 Å². The van der Waals surface area contributed by atoms with E-state index in [1.165, 1.54) is 95.5 Å². The molecule has 0 spiro atoms. The first kappa shape index (κ1) is 105. The normalized spacial score (nSPS) is 14.2. The molecule has 3 heterocycles. The number of amides is 12. The number of nitrogens with zero attached hydrogens (tertiary/aromatic N) is 3. The van der Waals surface area contributed by atoms with Gasteiger partial charge in [-0.3, -0.25) is 83.3 Å². The number of guanidine groups is 2. The number of aromatic nitrogens is 3. The van der Waals surface area contributed by atoms with Crippen LogP contribution >= 0.6 is 11.8 Å². The highest BCUT2D eigenvalue weighted by molar-refractivity contribution is 8.13. The third-order valence-corrected chi connectivity index (χ3v) is 22.8. The number of H-pyrrole nitrogens is 2. The van der Waals surface area contributed by atoms with E-state index >= 15 is 9.59 Å². The quantitative estimate of drug-likeness (QED) is 0.0151. The molecule has 0 radical (unpaired) electrons. The van der Waals surface area contributed by atoms with Crippen molar-refractivity contribution < 1.29 is 77.3 Å². The number of aromatic amines is 2. The first-order chi connectivity index (χ1) is 61.5. The summed E-state index contributed by atoms with van der Waals surface area (Å²) in [5, 5.41) is 68.2. The van der Waals surface area contributed by atoms with Gasteiger partial charge < -0.3 is 106 Å². The first-order valence-corrected chi connectivity index (χ1v) is 45.5. The van der Waals surface area contributed by atoms with Gasteiger partial charge in [0, 0.05) is 112 Å². The number of para-hydroxylation sites is 1. The number of benzene rings is 3. The average Bonchev–Trinajstić information content (AvgIpc) is 1.42. The zero-order valence-electron chi connectivity index (χ0n) is 73.8. The summed E-state index contributed by atoms with van der Waals surface area (Å²) >= 11 is 0.676. The molecule has 3 aromatic carbocycles. The second-order valence-corrected chi connectivity index (χ2v) is 33.5. The number of hydrogen-bond acceptors (Lipinski definition) is 20. The van der Waals surface area contributed by atoms with E-state index in [1.807, 2.05) is 24.3 Å². The number of carbonyl (C=O) groups excluding carboxylic acids is 13. The lowest BCUT2D eigenvalue weighted by molar-refractivity contribution is -0.140. The maximum absolute atomic E-state index is 15.8. The molecule has 1 aliphatic heterocycles. The third kappa shape index (κ3) is 39.5. The Bertz CT molecular complexity index is 4330. The lowest BCUT2D eigenvalue weighted by Crippen LogP contribution is -2.61. The SMILES string of the molecule is CCCCCCCCCCCCCCCCNC(=O)CN(CC(N)=O)C(=O)CCCCCNC(=O)C(Cc1c[nH]c2ccccc12)NC(=O)C(CCCNC(=N)N)NC(=O)C(CSC(C)=O)NC(=O)C(CCCNC(=N)N)NC(=O)CC1CCCN1C(=O)C(NC(=O)C(Cc1cnc[nH]1)NC(=O)C(NC(=O)CNCC(=O)O)C(C)O)C(c1ccccc1)c1ccccc1. The van der Waals surface area contributed by atoms with Crippen LogP contribution in [0.1, 0.15) is 210 Å². The van der Waals surface area contributed by atoms with E-state index in [2.05, 4.69) is 85.7 Å². The number of carbonyl (C=O) groups is 14. The van der Waals surface area contributed by atoms with Gasteiger partial charge >= 0.3 is 5.97 Å². The molecule has 0 saturated carbocycles. The number of primary amides is 1. The Morgan fingerprint density at radius 3 is 1.64 bits per heavy atom. The van der Waals surface area contributed by atoms with E-state index in [0.29, 0.717) is 66.4 Å². The molecule has 5 aromatic rings. The Morgan fingerprint density at radius 1 is 0.547 bits per heavy atom. The van der Waals surface area contributed by atoms with Crippen LogP contribution < -0.4 is 81.0 Å². The lowest BCUT2D eigenvalue weighted by Gasteiger charge is -2.35. The van der Waals surface area contributed by atoms with Crippen molar-refractivity contribution >= 4 is 117 Å². The molecular formula is C89H134N22O16S. The van der Waals surface area contributed by atoms with Crippen molar-refractivity contribution in [2.75, 3.05) is 64.7 Å². The van der Waals surface area contributed by atoms with Crippen LogP contribution in [0.3, 0.4) is 0 Å². The van der Waals surface area contributed by atoms with E-state index in [-0.39, 0.29) is 96.0 Å². The smallest absolute Gasteiger partial charge is 0.317 e. The molecule has 6 rings (SSSR count). The number of carboxylic acids is 1. The highest BCUT2D eigenvalue weighted by atomic mass is 32.2. The minimum atomic E-state index is -1.66. The van der Waals surface area contributed by atoms with Crippen LogP contribution in [0.25, 0.3) is 10.9 Å². The number of aliphatic carboxylic acids is 1. The van der Waals surface area contributed by atoms with Crippen LogP contribution in [0.15, 0.2) is 104 Å². The number of likely N-dealkylation sites (tertiary alicyclic amines) is 1. The Kier molecular flexibility index (Phi) is 47.8. The summed E-state index contributed by atoms with van der Waals surface area (Å²) < 4.78 is 0. The Balaban J connectivity index is 1.16. The van der Waals surface area contributed by atoms with Gasteiger partial charge in [-0.2, -0.15) is 0 Å². The van der Waals surface area contributed by atoms with E-state index in [0.717, 1.165) is 41.5 Å². The maximum atomic E-state index is 15.8. The van der Waals surface area contributed by atoms with E-state index < -0.39 is 174 Å². The average molecular weight is 1800 g/mol. The number of imidazole rings is 1. The number of nitrogens with two attached hydrogens (primary N) is 3. The molecule has 38 nitrogen and oxygen atoms in total. The van der Waals surface area contributed by atoms with Crippen LogP contribution in [-0.4, -0.2) is 248 Å². The molecule has 39 heteroatoms. The summed E-state index contributed by atoms with van der Waals surface area (Å²) in [7, 11) is 0. The largest absolute Gasteiger partial charge is 0.480 e. The van der Waals surface area contributed by atoms with Gasteiger partial charge in [0.1, 0.15) is 48.8 Å². The van der Waals surface area contributed by atoms with E-state index in [9.17, 15) is 62.6 Å². The van der Waals surface area contributed by atoms with Crippen molar-refractivity contribution in [1.29, 1.82) is 10.8 Å². The number of nitrogens with one attached hydrogen (secondary N) is 16. The molecule has 12 amide bonds. The van der Waals surface area contributed by atoms with Crippen molar-refractivity contribution in [2.24, 2.45) is 17.2 Å². The summed E-state index contributed by atoms with van der Waals surface area (Å²) in [5.74, 6) is -12.4. The summed E-state index contributed by atoms with van der Waals surface area (Å²) in [5.41, 5.74) is 19.7. The highest BCUT2D eigenvalue weighted by Gasteiger charge is 2.43. The van der Waals surface area contributed by atoms with Crippen molar-refractivity contribution in [3.8, 4) is 0 Å². The molecule has 9 atom stereocenters. The van der Waals surface area contributed by atoms with E-state index in [4.69, 9.17) is 33.1 Å². The van der Waals surface area contributed by atoms with E-state index in [1.54, 1.807) is 66.9 Å². The monoisotopic (exact) mass is 1800 g/mol. The number of hydrogen-bond donors (Lipinski definition) is 21. The fraction of sp³-hybridized carbons (Fsp3) is 0.562. The maximum Gasteiger partial charge on any atom is 0.317 e. The number of carboxylic acid groups (broad SMARTS) is 1. The molecule has 1 fully saturated rings. The molecule has 702 valence electrons. The second-order valence-electron chi connectivity index (χ2n) is 32.3. The van der Waals surface area contributed by atoms with Gasteiger partial charge in [-0.15, -0.1) is 0 Å². The molecule has 0 aliphatic carbocycles. The topological polar surface area (TPSA) is 601 Å². The number of rotatable bonds is 63. The number of aliphatic hydroxyl groups is 1. The molecule has 2 aromatic heterocycles. The first-order valence-electron chi connectivity index (χ1n) is 44.5. The van der Waals surface area contributed by atoms with Gasteiger partial charge in [0.25, 0.3) is 0 Å². The summed E-state index contributed by atoms with van der Waals surface area (Å²) in [6.45, 7) is 3.48. The van der Waals surface area contributed by atoms with Crippen molar-refractivity contribution in [1.82, 2.24) is 88.6 Å². The zero-order chi connectivity index (χ0) is 93.1. The Labute approximate surface area is 751 Å². The molecule has 24 N–H and O–H groups in total. The molecule has 1 saturated heterocycles. The summed E-state index contributed by atoms with van der Waals surface area (Å²) in [6, 6.07) is 13.6. The van der Waals surface area contributed by atoms with Crippen LogP contribution in [0.2, 0.25) is 0 Å². The lowest BCUT2D eigenvalue weighted by atomic mass is 9.84. The van der Waals surface area contributed by atoms with Gasteiger partial charge in [0.2, 0.25) is 70.9 Å². The van der Waals surface area contributed by atoms with Crippen LogP contribution in [0, 0.1) is 10.8 Å². The third-order valence-electron chi connectivity index (χ3n) is 21.9. The van der Waals surface area contributed by atoms with Crippen LogP contribution in [-0.2, 0) is 80.0 Å². The number of unbranched alkanes of at least 4 members (excludes halogenated alkanes) is 15. The highest BCUT2D eigenvalue weighted by Crippen LogP contribution is 2.33.